The molecule has 4 amide bonds. The Morgan fingerprint density at radius 2 is 1.49 bits per heavy atom. The lowest BCUT2D eigenvalue weighted by atomic mass is 10.1. The minimum Gasteiger partial charge on any atom is -0.496 e. The molecule has 47 heavy (non-hydrogen) atoms. The molecule has 0 aliphatic heterocycles. The molecule has 0 saturated carbocycles. The smallest absolute Gasteiger partial charge is 0.319 e. The number of para-hydroxylation sites is 2. The van der Waals surface area contributed by atoms with Crippen molar-refractivity contribution in [3.05, 3.63) is 114 Å². The number of amides is 4. The van der Waals surface area contributed by atoms with Crippen molar-refractivity contribution in [2.75, 3.05) is 49.0 Å². The summed E-state index contributed by atoms with van der Waals surface area (Å²) in [4.78, 5) is 66.0. The van der Waals surface area contributed by atoms with Gasteiger partial charge >= 0.3 is 12.0 Å². The van der Waals surface area contributed by atoms with E-state index < -0.39 is 30.4 Å². The van der Waals surface area contributed by atoms with E-state index in [1.54, 1.807) is 92.0 Å². The zero-order valence-corrected chi connectivity index (χ0v) is 25.8. The van der Waals surface area contributed by atoms with Gasteiger partial charge in [0, 0.05) is 30.2 Å². The molecule has 3 N–H and O–H groups in total. The van der Waals surface area contributed by atoms with Crippen molar-refractivity contribution in [2.24, 2.45) is 0 Å². The fourth-order valence-corrected chi connectivity index (χ4v) is 4.56. The molecular weight excluding hydrogens is 604 g/mol. The molecule has 0 radical (unpaired) electrons. The van der Waals surface area contributed by atoms with Gasteiger partial charge < -0.3 is 35.0 Å². The van der Waals surface area contributed by atoms with Crippen molar-refractivity contribution in [3.8, 4) is 11.5 Å². The number of rotatable bonds is 14. The first-order valence-corrected chi connectivity index (χ1v) is 14.5. The van der Waals surface area contributed by atoms with E-state index in [9.17, 15) is 24.0 Å². The number of ether oxygens (including phenoxy) is 2. The summed E-state index contributed by atoms with van der Waals surface area (Å²) in [6.07, 6.45) is -0.215. The number of Topliss-reactive ketones (excluding diaryl/α,β-unsaturated/α-hetero) is 1. The van der Waals surface area contributed by atoms with Gasteiger partial charge in [-0.1, -0.05) is 48.5 Å². The van der Waals surface area contributed by atoms with Gasteiger partial charge in [0.1, 0.15) is 18.0 Å². The molecule has 4 aromatic rings. The molecule has 0 aliphatic rings. The third-order valence-corrected chi connectivity index (χ3v) is 6.96. The summed E-state index contributed by atoms with van der Waals surface area (Å²) in [5.41, 5.74) is 2.12. The summed E-state index contributed by atoms with van der Waals surface area (Å²) < 4.78 is 11.0. The Morgan fingerprint density at radius 3 is 2.23 bits per heavy atom. The third kappa shape index (κ3) is 9.66. The molecule has 0 fully saturated rings. The number of carboxylic acids is 1. The lowest BCUT2D eigenvalue weighted by molar-refractivity contribution is -0.136. The summed E-state index contributed by atoms with van der Waals surface area (Å²) in [6, 6.07) is 27.7. The van der Waals surface area contributed by atoms with E-state index in [0.29, 0.717) is 33.9 Å². The van der Waals surface area contributed by atoms with Crippen LogP contribution in [0.1, 0.15) is 15.9 Å². The van der Waals surface area contributed by atoms with Crippen LogP contribution in [0.15, 0.2) is 103 Å². The fraction of sp³-hybridized carbons (Fsp3) is 0.171. The molecule has 4 aromatic carbocycles. The van der Waals surface area contributed by atoms with Gasteiger partial charge in [0.25, 0.3) is 0 Å². The Morgan fingerprint density at radius 1 is 0.787 bits per heavy atom. The molecular formula is C35H34N4O8. The summed E-state index contributed by atoms with van der Waals surface area (Å²) in [5.74, 6) is -1.64. The highest BCUT2D eigenvalue weighted by Crippen LogP contribution is 2.24. The van der Waals surface area contributed by atoms with Gasteiger partial charge in [-0.15, -0.1) is 0 Å². The third-order valence-electron chi connectivity index (χ3n) is 6.96. The van der Waals surface area contributed by atoms with Gasteiger partial charge in [-0.25, -0.2) is 4.79 Å². The second-order valence-corrected chi connectivity index (χ2v) is 10.3. The van der Waals surface area contributed by atoms with Crippen LogP contribution >= 0.6 is 0 Å². The van der Waals surface area contributed by atoms with Crippen LogP contribution in [0, 0.1) is 0 Å². The van der Waals surface area contributed by atoms with E-state index >= 15 is 0 Å². The van der Waals surface area contributed by atoms with Gasteiger partial charge in [0.15, 0.2) is 6.61 Å². The molecule has 0 saturated heterocycles. The molecule has 4 rings (SSSR count). The number of urea groups is 1. The number of ketones is 1. The second kappa shape index (κ2) is 16.2. The topological polar surface area (TPSA) is 155 Å². The molecule has 0 aliphatic carbocycles. The van der Waals surface area contributed by atoms with Crippen molar-refractivity contribution in [3.63, 3.8) is 0 Å². The van der Waals surface area contributed by atoms with E-state index in [2.05, 4.69) is 10.6 Å². The lowest BCUT2D eigenvalue weighted by Crippen LogP contribution is -2.46. The number of benzene rings is 4. The van der Waals surface area contributed by atoms with E-state index in [4.69, 9.17) is 14.6 Å². The zero-order valence-electron chi connectivity index (χ0n) is 25.8. The van der Waals surface area contributed by atoms with Crippen LogP contribution in [0.5, 0.6) is 11.5 Å². The van der Waals surface area contributed by atoms with Crippen LogP contribution in [0.25, 0.3) is 0 Å². The molecule has 0 spiro atoms. The number of nitrogens with one attached hydrogen (secondary N) is 2. The zero-order chi connectivity index (χ0) is 33.8. The number of carbonyl (C=O) groups is 5. The Hall–Kier alpha value is -6.17. The number of carboxylic acid groups (broad SMARTS) is 1. The maximum Gasteiger partial charge on any atom is 0.319 e. The Labute approximate surface area is 271 Å². The first kappa shape index (κ1) is 33.7. The number of aliphatic carboxylic acids is 1. The van der Waals surface area contributed by atoms with Gasteiger partial charge in [0.05, 0.1) is 25.6 Å². The summed E-state index contributed by atoms with van der Waals surface area (Å²) in [5, 5.41) is 14.1. The lowest BCUT2D eigenvalue weighted by Gasteiger charge is -2.26. The molecule has 0 atom stereocenters. The van der Waals surface area contributed by atoms with Crippen LogP contribution in [0.3, 0.4) is 0 Å². The number of hydrogen-bond acceptors (Lipinski definition) is 7. The first-order chi connectivity index (χ1) is 22.6. The SMILES string of the molecule is COc1ccccc1C(=O)COc1cccc(N(CC(=O)N(C)c2ccccc2)C(=O)CNC(=O)Nc2cccc(CC(=O)O)c2)c1. The van der Waals surface area contributed by atoms with Crippen molar-refractivity contribution in [1.82, 2.24) is 5.32 Å². The molecule has 12 heteroatoms. The molecule has 12 nitrogen and oxygen atoms in total. The minimum absolute atomic E-state index is 0.215. The Kier molecular flexibility index (Phi) is 11.6. The number of hydrogen-bond donors (Lipinski definition) is 3. The summed E-state index contributed by atoms with van der Waals surface area (Å²) >= 11 is 0. The average molecular weight is 639 g/mol. The number of methoxy groups -OCH3 is 1. The van der Waals surface area contributed by atoms with Gasteiger partial charge in [0.2, 0.25) is 17.6 Å². The highest BCUT2D eigenvalue weighted by atomic mass is 16.5. The van der Waals surface area contributed by atoms with Crippen LogP contribution in [-0.4, -0.2) is 68.6 Å². The van der Waals surface area contributed by atoms with Gasteiger partial charge in [-0.2, -0.15) is 0 Å². The van der Waals surface area contributed by atoms with Crippen molar-refractivity contribution < 1.29 is 38.6 Å². The van der Waals surface area contributed by atoms with Crippen LogP contribution in [0.4, 0.5) is 21.9 Å². The van der Waals surface area contributed by atoms with Gasteiger partial charge in [-0.05, 0) is 54.1 Å². The van der Waals surface area contributed by atoms with Crippen LogP contribution < -0.4 is 29.9 Å². The fourth-order valence-electron chi connectivity index (χ4n) is 4.56. The molecule has 0 heterocycles. The van der Waals surface area contributed by atoms with E-state index in [0.717, 1.165) is 0 Å². The van der Waals surface area contributed by atoms with E-state index in [1.807, 2.05) is 6.07 Å². The van der Waals surface area contributed by atoms with E-state index in [-0.39, 0.29) is 31.1 Å². The monoisotopic (exact) mass is 638 g/mol. The predicted octanol–water partition coefficient (Wildman–Crippen LogP) is 4.40. The standard InChI is InChI=1S/C35H34N4O8/c1-38(26-12-4-3-5-13-26)33(42)22-39(32(41)21-36-35(45)37-25-11-8-10-24(18-25)19-34(43)44)27-14-9-15-28(20-27)47-23-30(40)29-16-6-7-17-31(29)46-2/h3-18,20H,19,21-23H2,1-2H3,(H,43,44)(H2,36,37,45). The maximum absolute atomic E-state index is 13.5. The molecule has 0 unspecified atom stereocenters. The van der Waals surface area contributed by atoms with Gasteiger partial charge in [-0.3, -0.25) is 19.2 Å². The summed E-state index contributed by atoms with van der Waals surface area (Å²) in [7, 11) is 3.06. The highest BCUT2D eigenvalue weighted by molar-refractivity contribution is 6.05. The van der Waals surface area contributed by atoms with Crippen molar-refractivity contribution in [1.29, 1.82) is 0 Å². The summed E-state index contributed by atoms with van der Waals surface area (Å²) in [6.45, 7) is -1.14. The van der Waals surface area contributed by atoms with Crippen molar-refractivity contribution >= 4 is 46.7 Å². The average Bonchev–Trinajstić information content (AvgIpc) is 3.08. The number of carbonyl (C=O) groups excluding carboxylic acids is 4. The second-order valence-electron chi connectivity index (χ2n) is 10.3. The van der Waals surface area contributed by atoms with E-state index in [1.165, 1.54) is 29.0 Å². The molecule has 0 bridgehead atoms. The Bertz CT molecular complexity index is 1740. The molecule has 242 valence electrons. The number of likely N-dealkylation sites (N-methyl/N-ethyl adjacent to an activating group) is 1. The highest BCUT2D eigenvalue weighted by Gasteiger charge is 2.23. The number of nitrogens with zero attached hydrogens (tertiary/aromatic N) is 2. The minimum atomic E-state index is -1.01. The Balaban J connectivity index is 1.49. The van der Waals surface area contributed by atoms with Crippen molar-refractivity contribution in [2.45, 2.75) is 6.42 Å². The largest absolute Gasteiger partial charge is 0.496 e. The molecule has 0 aromatic heterocycles. The maximum atomic E-state index is 13.5. The quantitative estimate of drug-likeness (QED) is 0.172. The van der Waals surface area contributed by atoms with Crippen LogP contribution in [-0.2, 0) is 20.8 Å². The normalized spacial score (nSPS) is 10.3. The first-order valence-electron chi connectivity index (χ1n) is 14.5. The van der Waals surface area contributed by atoms with Crippen LogP contribution in [0.2, 0.25) is 0 Å². The predicted molar refractivity (Wildman–Crippen MR) is 176 cm³/mol. The number of anilines is 3.